The van der Waals surface area contributed by atoms with Crippen LogP contribution >= 0.6 is 0 Å². The topological polar surface area (TPSA) is 0 Å². The molecule has 0 radical (unpaired) electrons. The summed E-state index contributed by atoms with van der Waals surface area (Å²) in [6.45, 7) is 2.16. The molecule has 0 atom stereocenters. The molecule has 0 aromatic carbocycles. The molecule has 0 fully saturated rings. The van der Waals surface area contributed by atoms with Crippen molar-refractivity contribution < 1.29 is 0 Å². The van der Waals surface area contributed by atoms with Crippen molar-refractivity contribution in [1.29, 1.82) is 0 Å². The molecule has 10 heavy (non-hydrogen) atoms. The van der Waals surface area contributed by atoms with Gasteiger partial charge in [0.25, 0.3) is 0 Å². The highest BCUT2D eigenvalue weighted by atomic mass is 14.1. The summed E-state index contributed by atoms with van der Waals surface area (Å²) >= 11 is 0. The van der Waals surface area contributed by atoms with Gasteiger partial charge in [0.2, 0.25) is 0 Å². The molecule has 0 unspecified atom stereocenters. The third-order valence-electron chi connectivity index (χ3n) is 2.00. The molecule has 0 nitrogen and oxygen atoms in total. The van der Waals surface area contributed by atoms with Gasteiger partial charge in [0, 0.05) is 0 Å². The largest absolute Gasteiger partial charge is 0.0801 e. The predicted octanol–water partition coefficient (Wildman–Crippen LogP) is 2.76. The van der Waals surface area contributed by atoms with E-state index in [1.54, 1.807) is 0 Å². The van der Waals surface area contributed by atoms with Crippen molar-refractivity contribution in [2.75, 3.05) is 0 Å². The number of fused-ring (bicyclic) bond motifs is 1. The van der Waals surface area contributed by atoms with Gasteiger partial charge in [-0.3, -0.25) is 0 Å². The molecule has 0 aromatic rings. The summed E-state index contributed by atoms with van der Waals surface area (Å²) in [5.41, 5.74) is 4.21. The maximum Gasteiger partial charge on any atom is -0.0157 e. The van der Waals surface area contributed by atoms with Gasteiger partial charge < -0.3 is 0 Å². The van der Waals surface area contributed by atoms with E-state index in [9.17, 15) is 0 Å². The second-order valence-corrected chi connectivity index (χ2v) is 2.73. The molecule has 0 aliphatic heterocycles. The lowest BCUT2D eigenvalue weighted by Gasteiger charge is -2.06. The Morgan fingerprint density at radius 1 is 1.30 bits per heavy atom. The standard InChI is InChI=1S/C10H10/c1-8-6-7-9-4-2-3-5-10(8)9/h2,4-7H,3H2,1H3. The van der Waals surface area contributed by atoms with Gasteiger partial charge in [0.1, 0.15) is 0 Å². The lowest BCUT2D eigenvalue weighted by Crippen LogP contribution is -1.87. The summed E-state index contributed by atoms with van der Waals surface area (Å²) in [7, 11) is 0. The Bertz CT molecular complexity index is 272. The van der Waals surface area contributed by atoms with Crippen LogP contribution in [-0.2, 0) is 0 Å². The molecule has 0 bridgehead atoms. The van der Waals surface area contributed by atoms with E-state index in [1.807, 2.05) is 0 Å². The van der Waals surface area contributed by atoms with E-state index in [0.717, 1.165) is 6.42 Å². The molecule has 0 saturated carbocycles. The molecule has 2 rings (SSSR count). The second-order valence-electron chi connectivity index (χ2n) is 2.73. The second kappa shape index (κ2) is 1.98. The SMILES string of the molecule is CC1=CC=C2C=CCC=C12. The summed E-state index contributed by atoms with van der Waals surface area (Å²) in [5, 5.41) is 0. The fraction of sp³-hybridized carbons (Fsp3) is 0.200. The molecular weight excluding hydrogens is 120 g/mol. The Morgan fingerprint density at radius 2 is 2.20 bits per heavy atom. The van der Waals surface area contributed by atoms with Crippen LogP contribution in [0.4, 0.5) is 0 Å². The molecule has 0 amide bonds. The number of hydrogen-bond donors (Lipinski definition) is 0. The summed E-state index contributed by atoms with van der Waals surface area (Å²) in [5.74, 6) is 0. The molecule has 0 spiro atoms. The molecule has 2 aliphatic rings. The van der Waals surface area contributed by atoms with Gasteiger partial charge in [-0.25, -0.2) is 0 Å². The molecule has 0 N–H and O–H groups in total. The fourth-order valence-corrected chi connectivity index (χ4v) is 1.43. The van der Waals surface area contributed by atoms with Crippen LogP contribution in [0.3, 0.4) is 0 Å². The van der Waals surface area contributed by atoms with Gasteiger partial charge in [0.15, 0.2) is 0 Å². The maximum absolute atomic E-state index is 2.28. The van der Waals surface area contributed by atoms with Crippen LogP contribution in [0, 0.1) is 0 Å². The lowest BCUT2D eigenvalue weighted by molar-refractivity contribution is 1.27. The van der Waals surface area contributed by atoms with Crippen LogP contribution in [-0.4, -0.2) is 0 Å². The third kappa shape index (κ3) is 0.688. The molecule has 0 heteroatoms. The highest BCUT2D eigenvalue weighted by molar-refractivity contribution is 5.60. The summed E-state index contributed by atoms with van der Waals surface area (Å²) in [6, 6.07) is 0. The van der Waals surface area contributed by atoms with Crippen LogP contribution < -0.4 is 0 Å². The maximum atomic E-state index is 2.28. The third-order valence-corrected chi connectivity index (χ3v) is 2.00. The Kier molecular flexibility index (Phi) is 1.13. The van der Waals surface area contributed by atoms with Gasteiger partial charge in [-0.2, -0.15) is 0 Å². The number of allylic oxidation sites excluding steroid dienone is 8. The minimum Gasteiger partial charge on any atom is -0.0801 e. The van der Waals surface area contributed by atoms with E-state index >= 15 is 0 Å². The average molecular weight is 130 g/mol. The molecular formula is C10H10. The molecule has 0 heterocycles. The van der Waals surface area contributed by atoms with Crippen LogP contribution in [0.1, 0.15) is 13.3 Å². The average Bonchev–Trinajstić information content (AvgIpc) is 2.34. The smallest absolute Gasteiger partial charge is 0.0157 e. The van der Waals surface area contributed by atoms with Gasteiger partial charge in [-0.05, 0) is 30.1 Å². The van der Waals surface area contributed by atoms with E-state index in [4.69, 9.17) is 0 Å². The van der Waals surface area contributed by atoms with Crippen molar-refractivity contribution in [2.24, 2.45) is 0 Å². The normalized spacial score (nSPS) is 21.5. The first kappa shape index (κ1) is 5.72. The summed E-state index contributed by atoms with van der Waals surface area (Å²) < 4.78 is 0. The minimum absolute atomic E-state index is 1.10. The molecule has 0 saturated heterocycles. The number of rotatable bonds is 0. The molecule has 0 aromatic heterocycles. The van der Waals surface area contributed by atoms with Crippen molar-refractivity contribution in [3.63, 3.8) is 0 Å². The van der Waals surface area contributed by atoms with E-state index in [-0.39, 0.29) is 0 Å². The Hall–Kier alpha value is -1.04. The molecule has 50 valence electrons. The van der Waals surface area contributed by atoms with E-state index in [0.29, 0.717) is 0 Å². The monoisotopic (exact) mass is 130 g/mol. The van der Waals surface area contributed by atoms with Crippen molar-refractivity contribution in [2.45, 2.75) is 13.3 Å². The number of hydrogen-bond acceptors (Lipinski definition) is 0. The first-order chi connectivity index (χ1) is 4.88. The highest BCUT2D eigenvalue weighted by Gasteiger charge is 2.10. The summed E-state index contributed by atoms with van der Waals surface area (Å²) in [6.07, 6.45) is 12.1. The summed E-state index contributed by atoms with van der Waals surface area (Å²) in [4.78, 5) is 0. The Labute approximate surface area is 61.3 Å². The van der Waals surface area contributed by atoms with Crippen molar-refractivity contribution in [1.82, 2.24) is 0 Å². The van der Waals surface area contributed by atoms with Crippen molar-refractivity contribution >= 4 is 0 Å². The van der Waals surface area contributed by atoms with Crippen molar-refractivity contribution in [3.8, 4) is 0 Å². The quantitative estimate of drug-likeness (QED) is 0.473. The van der Waals surface area contributed by atoms with Crippen LogP contribution in [0.25, 0.3) is 0 Å². The lowest BCUT2D eigenvalue weighted by atomic mass is 9.99. The fourth-order valence-electron chi connectivity index (χ4n) is 1.43. The van der Waals surface area contributed by atoms with Gasteiger partial charge in [0.05, 0.1) is 0 Å². The van der Waals surface area contributed by atoms with E-state index in [2.05, 4.69) is 37.3 Å². The first-order valence-electron chi connectivity index (χ1n) is 3.64. The van der Waals surface area contributed by atoms with Crippen LogP contribution in [0.5, 0.6) is 0 Å². The zero-order valence-electron chi connectivity index (χ0n) is 6.09. The first-order valence-corrected chi connectivity index (χ1v) is 3.64. The van der Waals surface area contributed by atoms with E-state index in [1.165, 1.54) is 16.7 Å². The zero-order chi connectivity index (χ0) is 6.97. The minimum atomic E-state index is 1.10. The van der Waals surface area contributed by atoms with Crippen LogP contribution in [0.15, 0.2) is 47.1 Å². The van der Waals surface area contributed by atoms with Gasteiger partial charge >= 0.3 is 0 Å². The Balaban J connectivity index is 2.45. The van der Waals surface area contributed by atoms with Gasteiger partial charge in [-0.15, -0.1) is 0 Å². The van der Waals surface area contributed by atoms with E-state index < -0.39 is 0 Å². The van der Waals surface area contributed by atoms with Crippen LogP contribution in [0.2, 0.25) is 0 Å². The zero-order valence-corrected chi connectivity index (χ0v) is 6.09. The van der Waals surface area contributed by atoms with Gasteiger partial charge in [-0.1, -0.05) is 30.4 Å². The molecule has 2 aliphatic carbocycles. The van der Waals surface area contributed by atoms with Crippen molar-refractivity contribution in [3.05, 3.63) is 47.1 Å². The Morgan fingerprint density at radius 3 is 3.00 bits per heavy atom. The highest BCUT2D eigenvalue weighted by Crippen LogP contribution is 2.29. The predicted molar refractivity (Wildman–Crippen MR) is 43.7 cm³/mol.